The first-order chi connectivity index (χ1) is 12.9. The highest BCUT2D eigenvalue weighted by atomic mass is 79.9. The Bertz CT molecular complexity index is 849. The molecule has 0 aromatic heterocycles. The zero-order chi connectivity index (χ0) is 19.4. The molecule has 0 spiro atoms. The van der Waals surface area contributed by atoms with Crippen molar-refractivity contribution < 1.29 is 18.7 Å². The number of carbonyl (C=O) groups excluding carboxylic acids is 2. The van der Waals surface area contributed by atoms with Crippen LogP contribution < -0.4 is 5.32 Å². The number of amides is 1. The van der Waals surface area contributed by atoms with Gasteiger partial charge >= 0.3 is 5.97 Å². The predicted octanol–water partition coefficient (Wildman–Crippen LogP) is 5.34. The maximum atomic E-state index is 13.2. The summed E-state index contributed by atoms with van der Waals surface area (Å²) in [5.41, 5.74) is 0.530. The van der Waals surface area contributed by atoms with E-state index in [1.165, 1.54) is 12.1 Å². The Hall–Kier alpha value is -1.73. The van der Waals surface area contributed by atoms with E-state index in [2.05, 4.69) is 37.2 Å². The Morgan fingerprint density at radius 3 is 2.37 bits per heavy atom. The Balaban J connectivity index is 1.66. The van der Waals surface area contributed by atoms with Crippen molar-refractivity contribution >= 4 is 49.4 Å². The van der Waals surface area contributed by atoms with Gasteiger partial charge in [0.15, 0.2) is 6.61 Å². The third-order valence-electron chi connectivity index (χ3n) is 4.78. The molecule has 1 aliphatic rings. The zero-order valence-corrected chi connectivity index (χ0v) is 17.6. The van der Waals surface area contributed by atoms with Crippen LogP contribution in [0.5, 0.6) is 0 Å². The van der Waals surface area contributed by atoms with Crippen LogP contribution in [0.3, 0.4) is 0 Å². The number of benzene rings is 2. The van der Waals surface area contributed by atoms with Crippen LogP contribution in [-0.2, 0) is 19.7 Å². The number of rotatable bonds is 5. The number of esters is 1. The van der Waals surface area contributed by atoms with Gasteiger partial charge in [-0.2, -0.15) is 0 Å². The minimum Gasteiger partial charge on any atom is -0.455 e. The molecule has 0 bridgehead atoms. The second kappa shape index (κ2) is 8.52. The van der Waals surface area contributed by atoms with Gasteiger partial charge in [0, 0.05) is 8.95 Å². The molecule has 142 valence electrons. The lowest BCUT2D eigenvalue weighted by atomic mass is 9.79. The number of hydrogen-bond donors (Lipinski definition) is 1. The highest BCUT2D eigenvalue weighted by Gasteiger charge is 2.44. The average molecular weight is 499 g/mol. The van der Waals surface area contributed by atoms with Gasteiger partial charge in [0.05, 0.1) is 11.1 Å². The zero-order valence-electron chi connectivity index (χ0n) is 14.4. The fraction of sp³-hybridized carbons (Fsp3) is 0.300. The minimum absolute atomic E-state index is 0.347. The lowest BCUT2D eigenvalue weighted by molar-refractivity contribution is -0.153. The first kappa shape index (κ1) is 20.0. The van der Waals surface area contributed by atoms with E-state index in [1.807, 2.05) is 6.07 Å². The van der Waals surface area contributed by atoms with Crippen molar-refractivity contribution in [2.75, 3.05) is 11.9 Å². The number of hydrogen-bond acceptors (Lipinski definition) is 3. The van der Waals surface area contributed by atoms with Gasteiger partial charge in [-0.05, 0) is 64.7 Å². The molecule has 0 aliphatic heterocycles. The van der Waals surface area contributed by atoms with E-state index in [9.17, 15) is 14.0 Å². The van der Waals surface area contributed by atoms with Gasteiger partial charge in [-0.1, -0.05) is 40.9 Å². The van der Waals surface area contributed by atoms with Crippen LogP contribution in [0.15, 0.2) is 51.4 Å². The van der Waals surface area contributed by atoms with Crippen LogP contribution in [-0.4, -0.2) is 18.5 Å². The molecule has 4 nitrogen and oxygen atoms in total. The summed E-state index contributed by atoms with van der Waals surface area (Å²) in [6, 6.07) is 11.3. The van der Waals surface area contributed by atoms with Crippen molar-refractivity contribution in [1.82, 2.24) is 0 Å². The highest BCUT2D eigenvalue weighted by molar-refractivity contribution is 9.11. The number of nitrogens with one attached hydrogen (secondary N) is 1. The van der Waals surface area contributed by atoms with E-state index in [1.54, 1.807) is 24.3 Å². The molecule has 0 atom stereocenters. The van der Waals surface area contributed by atoms with E-state index in [0.29, 0.717) is 18.5 Å². The standard InChI is InChI=1S/C20H18Br2FNO3/c21-14-5-8-17(16(22)11-14)24-18(25)12-27-19(26)20(9-1-2-10-20)13-3-6-15(23)7-4-13/h3-8,11H,1-2,9-10,12H2,(H,24,25). The number of ether oxygens (including phenoxy) is 1. The van der Waals surface area contributed by atoms with E-state index < -0.39 is 17.3 Å². The van der Waals surface area contributed by atoms with E-state index in [-0.39, 0.29) is 12.4 Å². The Labute approximate surface area is 173 Å². The maximum absolute atomic E-state index is 13.2. The number of anilines is 1. The van der Waals surface area contributed by atoms with Gasteiger partial charge in [-0.3, -0.25) is 9.59 Å². The van der Waals surface area contributed by atoms with E-state index >= 15 is 0 Å². The summed E-state index contributed by atoms with van der Waals surface area (Å²) in [4.78, 5) is 25.0. The Kier molecular flexibility index (Phi) is 6.32. The molecule has 1 saturated carbocycles. The first-order valence-electron chi connectivity index (χ1n) is 8.59. The van der Waals surface area contributed by atoms with Gasteiger partial charge in [-0.25, -0.2) is 4.39 Å². The summed E-state index contributed by atoms with van der Waals surface area (Å²) < 4.78 is 20.2. The summed E-state index contributed by atoms with van der Waals surface area (Å²) in [6.07, 6.45) is 3.06. The second-order valence-electron chi connectivity index (χ2n) is 6.54. The van der Waals surface area contributed by atoms with Crippen LogP contribution in [0.25, 0.3) is 0 Å². The lowest BCUT2D eigenvalue weighted by Gasteiger charge is -2.27. The average Bonchev–Trinajstić information content (AvgIpc) is 3.14. The molecule has 0 unspecified atom stereocenters. The molecule has 0 radical (unpaired) electrons. The predicted molar refractivity (Wildman–Crippen MR) is 108 cm³/mol. The van der Waals surface area contributed by atoms with Gasteiger partial charge in [-0.15, -0.1) is 0 Å². The van der Waals surface area contributed by atoms with Crippen LogP contribution in [0.2, 0.25) is 0 Å². The van der Waals surface area contributed by atoms with Crippen LogP contribution in [0.4, 0.5) is 10.1 Å². The van der Waals surface area contributed by atoms with Gasteiger partial charge < -0.3 is 10.1 Å². The second-order valence-corrected chi connectivity index (χ2v) is 8.31. The van der Waals surface area contributed by atoms with Crippen molar-refractivity contribution in [3.8, 4) is 0 Å². The fourth-order valence-electron chi connectivity index (χ4n) is 3.40. The quantitative estimate of drug-likeness (QED) is 0.566. The number of halogens is 3. The monoisotopic (exact) mass is 497 g/mol. The van der Waals surface area contributed by atoms with Gasteiger partial charge in [0.2, 0.25) is 0 Å². The number of carbonyl (C=O) groups is 2. The minimum atomic E-state index is -0.799. The Morgan fingerprint density at radius 2 is 1.74 bits per heavy atom. The first-order valence-corrected chi connectivity index (χ1v) is 10.2. The smallest absolute Gasteiger partial charge is 0.317 e. The largest absolute Gasteiger partial charge is 0.455 e. The van der Waals surface area contributed by atoms with Crippen LogP contribution in [0.1, 0.15) is 31.2 Å². The maximum Gasteiger partial charge on any atom is 0.317 e. The van der Waals surface area contributed by atoms with Gasteiger partial charge in [0.25, 0.3) is 5.91 Å². The van der Waals surface area contributed by atoms with E-state index in [4.69, 9.17) is 4.74 Å². The fourth-order valence-corrected chi connectivity index (χ4v) is 4.55. The summed E-state index contributed by atoms with van der Waals surface area (Å²) >= 11 is 6.72. The molecular weight excluding hydrogens is 481 g/mol. The molecular formula is C20H18Br2FNO3. The molecule has 7 heteroatoms. The van der Waals surface area contributed by atoms with Crippen LogP contribution >= 0.6 is 31.9 Å². The highest BCUT2D eigenvalue weighted by Crippen LogP contribution is 2.42. The summed E-state index contributed by atoms with van der Waals surface area (Å²) in [5, 5.41) is 2.71. The van der Waals surface area contributed by atoms with Crippen molar-refractivity contribution in [3.63, 3.8) is 0 Å². The molecule has 2 aromatic rings. The topological polar surface area (TPSA) is 55.4 Å². The molecule has 0 heterocycles. The van der Waals surface area contributed by atoms with Gasteiger partial charge in [0.1, 0.15) is 5.82 Å². The van der Waals surface area contributed by atoms with Crippen LogP contribution in [0, 0.1) is 5.82 Å². The normalized spacial score (nSPS) is 15.4. The molecule has 2 aromatic carbocycles. The molecule has 27 heavy (non-hydrogen) atoms. The molecule has 1 fully saturated rings. The van der Waals surface area contributed by atoms with E-state index in [0.717, 1.165) is 27.4 Å². The van der Waals surface area contributed by atoms with Crippen molar-refractivity contribution in [2.45, 2.75) is 31.1 Å². The summed E-state index contributed by atoms with van der Waals surface area (Å²) in [5.74, 6) is -1.20. The molecule has 0 saturated heterocycles. The third-order valence-corrected chi connectivity index (χ3v) is 5.93. The summed E-state index contributed by atoms with van der Waals surface area (Å²) in [7, 11) is 0. The molecule has 1 amide bonds. The molecule has 3 rings (SSSR count). The lowest BCUT2D eigenvalue weighted by Crippen LogP contribution is -2.36. The van der Waals surface area contributed by atoms with Crippen molar-refractivity contribution in [1.29, 1.82) is 0 Å². The molecule has 1 aliphatic carbocycles. The van der Waals surface area contributed by atoms with Crippen molar-refractivity contribution in [2.24, 2.45) is 0 Å². The SMILES string of the molecule is O=C(COC(=O)C1(c2ccc(F)cc2)CCCC1)Nc1ccc(Br)cc1Br. The summed E-state index contributed by atoms with van der Waals surface area (Å²) in [6.45, 7) is -0.371. The Morgan fingerprint density at radius 1 is 1.07 bits per heavy atom. The molecule has 1 N–H and O–H groups in total. The van der Waals surface area contributed by atoms with Crippen molar-refractivity contribution in [3.05, 3.63) is 62.8 Å². The third kappa shape index (κ3) is 4.58.